The van der Waals surface area contributed by atoms with Crippen LogP contribution in [0, 0.1) is 0 Å². The fourth-order valence-electron chi connectivity index (χ4n) is 2.92. The number of pyridine rings is 1. The van der Waals surface area contributed by atoms with Gasteiger partial charge in [0.25, 0.3) is 11.5 Å². The Kier molecular flexibility index (Phi) is 3.61. The first-order chi connectivity index (χ1) is 12.1. The Hall–Kier alpha value is -3.35. The molecule has 0 spiro atoms. The fourth-order valence-corrected chi connectivity index (χ4v) is 2.92. The molecule has 3 heterocycles. The SMILES string of the molecule is Cn1nc(C(=O)NCCn2ccc3ccoc3c2=O)c2ccccc21. The maximum Gasteiger partial charge on any atom is 0.294 e. The Balaban J connectivity index is 1.50. The van der Waals surface area contributed by atoms with Crippen LogP contribution in [0.1, 0.15) is 10.5 Å². The highest BCUT2D eigenvalue weighted by molar-refractivity contribution is 6.04. The lowest BCUT2D eigenvalue weighted by molar-refractivity contribution is 0.0948. The third-order valence-electron chi connectivity index (χ3n) is 4.20. The van der Waals surface area contributed by atoms with Crippen molar-refractivity contribution in [3.63, 3.8) is 0 Å². The monoisotopic (exact) mass is 336 g/mol. The minimum Gasteiger partial charge on any atom is -0.459 e. The molecule has 25 heavy (non-hydrogen) atoms. The molecule has 0 bridgehead atoms. The molecule has 4 aromatic rings. The summed E-state index contributed by atoms with van der Waals surface area (Å²) in [6.45, 7) is 0.668. The van der Waals surface area contributed by atoms with Crippen molar-refractivity contribution in [2.24, 2.45) is 7.05 Å². The first kappa shape index (κ1) is 15.2. The van der Waals surface area contributed by atoms with E-state index >= 15 is 0 Å². The van der Waals surface area contributed by atoms with Gasteiger partial charge < -0.3 is 14.3 Å². The predicted molar refractivity (Wildman–Crippen MR) is 93.5 cm³/mol. The summed E-state index contributed by atoms with van der Waals surface area (Å²) in [7, 11) is 1.80. The van der Waals surface area contributed by atoms with Gasteiger partial charge >= 0.3 is 0 Å². The van der Waals surface area contributed by atoms with Crippen molar-refractivity contribution in [3.8, 4) is 0 Å². The van der Waals surface area contributed by atoms with Gasteiger partial charge in [0.2, 0.25) is 0 Å². The quantitative estimate of drug-likeness (QED) is 0.617. The Morgan fingerprint density at radius 3 is 2.96 bits per heavy atom. The molecule has 0 aliphatic rings. The van der Waals surface area contributed by atoms with Gasteiger partial charge in [0.15, 0.2) is 11.3 Å². The Morgan fingerprint density at radius 1 is 1.24 bits per heavy atom. The Morgan fingerprint density at radius 2 is 2.08 bits per heavy atom. The molecule has 1 N–H and O–H groups in total. The molecule has 7 nitrogen and oxygen atoms in total. The van der Waals surface area contributed by atoms with Gasteiger partial charge in [0.1, 0.15) is 0 Å². The molecule has 7 heteroatoms. The number of carbonyl (C=O) groups excluding carboxylic acids is 1. The lowest BCUT2D eigenvalue weighted by atomic mass is 10.2. The topological polar surface area (TPSA) is 82.1 Å². The molecule has 3 aromatic heterocycles. The molecular formula is C18H16N4O3. The number of furan rings is 1. The van der Waals surface area contributed by atoms with E-state index in [-0.39, 0.29) is 11.5 Å². The molecule has 0 saturated carbocycles. The molecule has 0 atom stereocenters. The van der Waals surface area contributed by atoms with Gasteiger partial charge in [-0.3, -0.25) is 14.3 Å². The molecule has 0 aliphatic carbocycles. The number of hydrogen-bond acceptors (Lipinski definition) is 4. The molecule has 0 unspecified atom stereocenters. The molecule has 1 amide bonds. The van der Waals surface area contributed by atoms with E-state index in [0.717, 1.165) is 16.3 Å². The first-order valence-corrected chi connectivity index (χ1v) is 7.92. The summed E-state index contributed by atoms with van der Waals surface area (Å²) < 4.78 is 8.40. The van der Waals surface area contributed by atoms with Crippen LogP contribution in [0.2, 0.25) is 0 Å². The summed E-state index contributed by atoms with van der Waals surface area (Å²) >= 11 is 0. The Labute approximate surface area is 142 Å². The van der Waals surface area contributed by atoms with Crippen LogP contribution in [0.5, 0.6) is 0 Å². The van der Waals surface area contributed by atoms with Gasteiger partial charge in [-0.25, -0.2) is 0 Å². The fraction of sp³-hybridized carbons (Fsp3) is 0.167. The number of aromatic nitrogens is 3. The number of amides is 1. The van der Waals surface area contributed by atoms with E-state index < -0.39 is 0 Å². The van der Waals surface area contributed by atoms with Crippen molar-refractivity contribution in [2.45, 2.75) is 6.54 Å². The van der Waals surface area contributed by atoms with Crippen LogP contribution in [-0.4, -0.2) is 26.8 Å². The van der Waals surface area contributed by atoms with Gasteiger partial charge in [-0.05, 0) is 18.2 Å². The third-order valence-corrected chi connectivity index (χ3v) is 4.20. The highest BCUT2D eigenvalue weighted by Gasteiger charge is 2.15. The normalized spacial score (nSPS) is 11.2. The minimum atomic E-state index is -0.260. The second-order valence-electron chi connectivity index (χ2n) is 5.76. The largest absolute Gasteiger partial charge is 0.459 e. The number of para-hydroxylation sites is 1. The van der Waals surface area contributed by atoms with Crippen LogP contribution in [0.4, 0.5) is 0 Å². The number of nitrogens with one attached hydrogen (secondary N) is 1. The van der Waals surface area contributed by atoms with Gasteiger partial charge in [-0.1, -0.05) is 18.2 Å². The number of nitrogens with zero attached hydrogens (tertiary/aromatic N) is 3. The van der Waals surface area contributed by atoms with Crippen molar-refractivity contribution >= 4 is 27.8 Å². The average molecular weight is 336 g/mol. The van der Waals surface area contributed by atoms with Crippen LogP contribution in [0.25, 0.3) is 21.9 Å². The zero-order valence-corrected chi connectivity index (χ0v) is 13.6. The highest BCUT2D eigenvalue weighted by Crippen LogP contribution is 2.17. The van der Waals surface area contributed by atoms with Crippen molar-refractivity contribution in [1.82, 2.24) is 19.7 Å². The van der Waals surface area contributed by atoms with Crippen molar-refractivity contribution < 1.29 is 9.21 Å². The summed E-state index contributed by atoms with van der Waals surface area (Å²) in [4.78, 5) is 24.7. The zero-order valence-electron chi connectivity index (χ0n) is 13.6. The third kappa shape index (κ3) is 2.59. The smallest absolute Gasteiger partial charge is 0.294 e. The molecule has 0 radical (unpaired) electrons. The van der Waals surface area contributed by atoms with E-state index in [4.69, 9.17) is 4.42 Å². The molecule has 0 fully saturated rings. The molecule has 1 aromatic carbocycles. The van der Waals surface area contributed by atoms with Crippen LogP contribution in [0.15, 0.2) is 58.1 Å². The van der Waals surface area contributed by atoms with E-state index in [0.29, 0.717) is 24.4 Å². The van der Waals surface area contributed by atoms with Crippen molar-refractivity contribution in [3.05, 3.63) is 64.9 Å². The van der Waals surface area contributed by atoms with Gasteiger partial charge in [-0.15, -0.1) is 0 Å². The lowest BCUT2D eigenvalue weighted by Crippen LogP contribution is -2.31. The predicted octanol–water partition coefficient (Wildman–Crippen LogP) is 1.91. The van der Waals surface area contributed by atoms with Gasteiger partial charge in [0, 0.05) is 37.1 Å². The number of hydrogen-bond donors (Lipinski definition) is 1. The second-order valence-corrected chi connectivity index (χ2v) is 5.76. The number of aryl methyl sites for hydroxylation is 1. The maximum absolute atomic E-state index is 12.4. The van der Waals surface area contributed by atoms with Crippen LogP contribution in [0.3, 0.4) is 0 Å². The van der Waals surface area contributed by atoms with Crippen molar-refractivity contribution in [1.29, 1.82) is 0 Å². The first-order valence-electron chi connectivity index (χ1n) is 7.92. The number of rotatable bonds is 4. The van der Waals surface area contributed by atoms with Crippen LogP contribution < -0.4 is 10.9 Å². The van der Waals surface area contributed by atoms with Crippen LogP contribution >= 0.6 is 0 Å². The lowest BCUT2D eigenvalue weighted by Gasteiger charge is -2.06. The molecule has 0 saturated heterocycles. The molecular weight excluding hydrogens is 320 g/mol. The van der Waals surface area contributed by atoms with Crippen LogP contribution in [-0.2, 0) is 13.6 Å². The van der Waals surface area contributed by atoms with Gasteiger partial charge in [0.05, 0.1) is 11.8 Å². The van der Waals surface area contributed by atoms with E-state index in [1.165, 1.54) is 10.8 Å². The molecule has 4 rings (SSSR count). The Bertz CT molecular complexity index is 1140. The minimum absolute atomic E-state index is 0.208. The van der Waals surface area contributed by atoms with E-state index in [2.05, 4.69) is 10.4 Å². The van der Waals surface area contributed by atoms with Gasteiger partial charge in [-0.2, -0.15) is 5.10 Å². The molecule has 126 valence electrons. The second kappa shape index (κ2) is 5.94. The van der Waals surface area contributed by atoms with E-state index in [1.54, 1.807) is 24.0 Å². The number of carbonyl (C=O) groups is 1. The summed E-state index contributed by atoms with van der Waals surface area (Å²) in [5.41, 5.74) is 1.39. The molecule has 0 aliphatic heterocycles. The number of benzene rings is 1. The highest BCUT2D eigenvalue weighted by atomic mass is 16.3. The summed E-state index contributed by atoms with van der Waals surface area (Å²) in [6.07, 6.45) is 3.19. The maximum atomic E-state index is 12.4. The summed E-state index contributed by atoms with van der Waals surface area (Å²) in [6, 6.07) is 11.1. The summed E-state index contributed by atoms with van der Waals surface area (Å²) in [5, 5.41) is 8.68. The standard InChI is InChI=1S/C18H16N4O3/c1-21-14-5-3-2-4-13(14)15(20-21)17(23)19-8-10-22-9-6-12-7-11-25-16(12)18(22)24/h2-7,9,11H,8,10H2,1H3,(H,19,23). The van der Waals surface area contributed by atoms with E-state index in [9.17, 15) is 9.59 Å². The van der Waals surface area contributed by atoms with E-state index in [1.807, 2.05) is 30.3 Å². The zero-order chi connectivity index (χ0) is 17.4. The number of fused-ring (bicyclic) bond motifs is 2. The van der Waals surface area contributed by atoms with Crippen molar-refractivity contribution in [2.75, 3.05) is 6.54 Å². The average Bonchev–Trinajstić information content (AvgIpc) is 3.23. The summed E-state index contributed by atoms with van der Waals surface area (Å²) in [5.74, 6) is -0.260.